The van der Waals surface area contributed by atoms with Gasteiger partial charge in [0.2, 0.25) is 0 Å². The molecule has 3 saturated heterocycles. The van der Waals surface area contributed by atoms with Gasteiger partial charge in [0.25, 0.3) is 0 Å². The van der Waals surface area contributed by atoms with Gasteiger partial charge in [-0.3, -0.25) is 4.90 Å². The number of piperazine rings is 1. The maximum atomic E-state index is 3.83. The van der Waals surface area contributed by atoms with E-state index in [0.717, 1.165) is 12.1 Å². The number of rotatable bonds is 2. The minimum absolute atomic E-state index is 0.628. The zero-order chi connectivity index (χ0) is 15.4. The summed E-state index contributed by atoms with van der Waals surface area (Å²) in [6.07, 6.45) is 4.17. The largest absolute Gasteiger partial charge is 0.307 e. The van der Waals surface area contributed by atoms with E-state index in [9.17, 15) is 0 Å². The summed E-state index contributed by atoms with van der Waals surface area (Å²) in [7, 11) is 4.58. The van der Waals surface area contributed by atoms with E-state index in [1.54, 1.807) is 0 Å². The Morgan fingerprint density at radius 1 is 0.952 bits per heavy atom. The second kappa shape index (κ2) is 7.91. The van der Waals surface area contributed by atoms with Crippen molar-refractivity contribution in [2.24, 2.45) is 0 Å². The Balaban J connectivity index is 0.000000774. The minimum atomic E-state index is 0.628. The van der Waals surface area contributed by atoms with Crippen LogP contribution < -0.4 is 5.32 Å². The van der Waals surface area contributed by atoms with Gasteiger partial charge in [-0.25, -0.2) is 0 Å². The van der Waals surface area contributed by atoms with E-state index in [1.807, 2.05) is 13.8 Å². The third-order valence-corrected chi connectivity index (χ3v) is 5.29. The molecule has 0 amide bonds. The van der Waals surface area contributed by atoms with Crippen LogP contribution in [0.5, 0.6) is 0 Å². The second-order valence-electron chi connectivity index (χ2n) is 7.03. The van der Waals surface area contributed by atoms with E-state index in [4.69, 9.17) is 0 Å². The highest BCUT2D eigenvalue weighted by Crippen LogP contribution is 2.27. The molecule has 3 aliphatic rings. The molecule has 0 radical (unpaired) electrons. The number of nitrogens with one attached hydrogen (secondary N) is 1. The first-order valence-electron chi connectivity index (χ1n) is 9.02. The van der Waals surface area contributed by atoms with Gasteiger partial charge in [-0.05, 0) is 53.4 Å². The monoisotopic (exact) mass is 296 g/mol. The van der Waals surface area contributed by atoms with Crippen LogP contribution in [0.3, 0.4) is 0 Å². The van der Waals surface area contributed by atoms with Crippen molar-refractivity contribution in [3.05, 3.63) is 0 Å². The first-order valence-corrected chi connectivity index (χ1v) is 9.02. The van der Waals surface area contributed by atoms with Gasteiger partial charge in [-0.15, -0.1) is 0 Å². The lowest BCUT2D eigenvalue weighted by molar-refractivity contribution is 0.139. The third-order valence-electron chi connectivity index (χ3n) is 5.29. The molecule has 4 nitrogen and oxygen atoms in total. The summed E-state index contributed by atoms with van der Waals surface area (Å²) in [5.74, 6) is 0. The second-order valence-corrected chi connectivity index (χ2v) is 7.03. The normalized spacial score (nSPS) is 39.3. The average molecular weight is 297 g/mol. The Morgan fingerprint density at radius 2 is 1.62 bits per heavy atom. The van der Waals surface area contributed by atoms with Gasteiger partial charge >= 0.3 is 0 Å². The Bertz CT molecular complexity index is 293. The van der Waals surface area contributed by atoms with Crippen molar-refractivity contribution in [3.8, 4) is 0 Å². The molecule has 0 aromatic rings. The lowest BCUT2D eigenvalue weighted by Gasteiger charge is -2.40. The number of likely N-dealkylation sites (tertiary alicyclic amines) is 2. The number of likely N-dealkylation sites (N-methyl/N-ethyl adjacent to an activating group) is 2. The molecular formula is C17H36N4. The molecule has 3 unspecified atom stereocenters. The van der Waals surface area contributed by atoms with Gasteiger partial charge in [0.05, 0.1) is 0 Å². The molecule has 4 heteroatoms. The smallest absolute Gasteiger partial charge is 0.0354 e. The molecule has 0 aromatic carbocycles. The van der Waals surface area contributed by atoms with Gasteiger partial charge < -0.3 is 15.1 Å². The highest BCUT2D eigenvalue weighted by atomic mass is 15.3. The predicted molar refractivity (Wildman–Crippen MR) is 90.9 cm³/mol. The van der Waals surface area contributed by atoms with Gasteiger partial charge in [-0.2, -0.15) is 0 Å². The molecule has 1 N–H and O–H groups in total. The molecule has 0 bridgehead atoms. The molecule has 0 saturated carbocycles. The van der Waals surface area contributed by atoms with Crippen LogP contribution in [-0.4, -0.2) is 85.7 Å². The van der Waals surface area contributed by atoms with Gasteiger partial charge in [0.1, 0.15) is 0 Å². The van der Waals surface area contributed by atoms with Crippen LogP contribution in [0.25, 0.3) is 0 Å². The van der Waals surface area contributed by atoms with Crippen molar-refractivity contribution in [1.29, 1.82) is 0 Å². The molecule has 0 aromatic heterocycles. The fourth-order valence-corrected chi connectivity index (χ4v) is 4.43. The molecule has 3 heterocycles. The zero-order valence-corrected chi connectivity index (χ0v) is 14.8. The summed E-state index contributed by atoms with van der Waals surface area (Å²) in [6.45, 7) is 12.6. The van der Waals surface area contributed by atoms with E-state index in [0.29, 0.717) is 12.1 Å². The molecule has 3 fully saturated rings. The quantitative estimate of drug-likeness (QED) is 0.833. The molecular weight excluding hydrogens is 260 g/mol. The third kappa shape index (κ3) is 4.19. The van der Waals surface area contributed by atoms with Crippen molar-refractivity contribution in [2.75, 3.05) is 46.8 Å². The SMILES string of the molecule is CC.CC1CN(C)C[C@H](C2CC(N3CCCC3)CN2C)N1. The van der Waals surface area contributed by atoms with E-state index >= 15 is 0 Å². The summed E-state index contributed by atoms with van der Waals surface area (Å²) >= 11 is 0. The van der Waals surface area contributed by atoms with Crippen LogP contribution in [0.15, 0.2) is 0 Å². The van der Waals surface area contributed by atoms with Crippen molar-refractivity contribution in [1.82, 2.24) is 20.0 Å². The predicted octanol–water partition coefficient (Wildman–Crippen LogP) is 1.47. The van der Waals surface area contributed by atoms with Gasteiger partial charge in [0.15, 0.2) is 0 Å². The summed E-state index contributed by atoms with van der Waals surface area (Å²) in [5.41, 5.74) is 0. The van der Waals surface area contributed by atoms with Gasteiger partial charge in [-0.1, -0.05) is 13.8 Å². The molecule has 21 heavy (non-hydrogen) atoms. The fourth-order valence-electron chi connectivity index (χ4n) is 4.43. The standard InChI is InChI=1S/C15H30N4.C2H6/c1-12-9-17(2)11-14(16-12)15-8-13(10-18(15)3)19-6-4-5-7-19;1-2/h12-16H,4-11H2,1-3H3;1-2H3/t12?,13?,14-,15?;/m1./s1. The Kier molecular flexibility index (Phi) is 6.48. The molecule has 0 aliphatic carbocycles. The zero-order valence-electron chi connectivity index (χ0n) is 14.8. The van der Waals surface area contributed by atoms with Crippen LogP contribution >= 0.6 is 0 Å². The number of hydrogen-bond acceptors (Lipinski definition) is 4. The molecule has 124 valence electrons. The summed E-state index contributed by atoms with van der Waals surface area (Å²) in [5, 5.41) is 3.83. The van der Waals surface area contributed by atoms with Crippen molar-refractivity contribution in [3.63, 3.8) is 0 Å². The van der Waals surface area contributed by atoms with Crippen molar-refractivity contribution >= 4 is 0 Å². The summed E-state index contributed by atoms with van der Waals surface area (Å²) in [4.78, 5) is 7.82. The Hall–Kier alpha value is -0.160. The Labute approximate surface area is 131 Å². The maximum absolute atomic E-state index is 3.83. The van der Waals surface area contributed by atoms with E-state index in [-0.39, 0.29) is 0 Å². The van der Waals surface area contributed by atoms with E-state index < -0.39 is 0 Å². The molecule has 0 spiro atoms. The lowest BCUT2D eigenvalue weighted by Crippen LogP contribution is -2.60. The first-order chi connectivity index (χ1) is 10.1. The molecule has 3 aliphatic heterocycles. The maximum Gasteiger partial charge on any atom is 0.0354 e. The van der Waals surface area contributed by atoms with E-state index in [1.165, 1.54) is 52.0 Å². The van der Waals surface area contributed by atoms with Crippen LogP contribution in [0.2, 0.25) is 0 Å². The van der Waals surface area contributed by atoms with E-state index in [2.05, 4.69) is 41.0 Å². The highest BCUT2D eigenvalue weighted by molar-refractivity contribution is 4.99. The van der Waals surface area contributed by atoms with Crippen molar-refractivity contribution in [2.45, 2.75) is 64.2 Å². The summed E-state index contributed by atoms with van der Waals surface area (Å²) < 4.78 is 0. The van der Waals surface area contributed by atoms with Crippen LogP contribution in [0.1, 0.15) is 40.0 Å². The highest BCUT2D eigenvalue weighted by Gasteiger charge is 2.39. The lowest BCUT2D eigenvalue weighted by atomic mass is 10.00. The van der Waals surface area contributed by atoms with Crippen LogP contribution in [0.4, 0.5) is 0 Å². The topological polar surface area (TPSA) is 21.8 Å². The fraction of sp³-hybridized carbons (Fsp3) is 1.00. The Morgan fingerprint density at radius 3 is 2.24 bits per heavy atom. The number of hydrogen-bond donors (Lipinski definition) is 1. The minimum Gasteiger partial charge on any atom is -0.307 e. The van der Waals surface area contributed by atoms with Crippen LogP contribution in [-0.2, 0) is 0 Å². The van der Waals surface area contributed by atoms with Gasteiger partial charge in [0, 0.05) is 43.8 Å². The first kappa shape index (κ1) is 17.2. The average Bonchev–Trinajstić information content (AvgIpc) is 3.08. The van der Waals surface area contributed by atoms with Crippen molar-refractivity contribution < 1.29 is 0 Å². The summed E-state index contributed by atoms with van der Waals surface area (Å²) in [6, 6.07) is 2.80. The number of nitrogens with zero attached hydrogens (tertiary/aromatic N) is 3. The van der Waals surface area contributed by atoms with Crippen LogP contribution in [0, 0.1) is 0 Å². The molecule has 4 atom stereocenters. The molecule has 3 rings (SSSR count).